The molecule has 0 aromatic heterocycles. The van der Waals surface area contributed by atoms with E-state index in [1.165, 1.54) is 16.4 Å². The number of aliphatic hydroxyl groups excluding tert-OH is 1. The van der Waals surface area contributed by atoms with Gasteiger partial charge in [0.15, 0.2) is 0 Å². The molecule has 7 heteroatoms. The molecule has 1 aromatic carbocycles. The van der Waals surface area contributed by atoms with Gasteiger partial charge in [-0.2, -0.15) is 4.31 Å². The fourth-order valence-electron chi connectivity index (χ4n) is 2.46. The molecule has 1 aliphatic rings. The minimum absolute atomic E-state index is 0.135. The number of sulfonamides is 1. The van der Waals surface area contributed by atoms with Crippen LogP contribution in [0.2, 0.25) is 0 Å². The highest BCUT2D eigenvalue weighted by Gasteiger charge is 2.32. The number of aliphatic hydroxyl groups is 1. The lowest BCUT2D eigenvalue weighted by Crippen LogP contribution is -2.44. The Morgan fingerprint density at radius 2 is 2.00 bits per heavy atom. The second-order valence-electron chi connectivity index (χ2n) is 5.35. The monoisotopic (exact) mass is 312 g/mol. The van der Waals surface area contributed by atoms with Gasteiger partial charge >= 0.3 is 0 Å². The van der Waals surface area contributed by atoms with Crippen LogP contribution in [0.4, 0.5) is 0 Å². The number of amides is 1. The molecule has 1 amide bonds. The van der Waals surface area contributed by atoms with E-state index >= 15 is 0 Å². The number of benzene rings is 1. The summed E-state index contributed by atoms with van der Waals surface area (Å²) in [7, 11) is -3.63. The third kappa shape index (κ3) is 3.42. The summed E-state index contributed by atoms with van der Waals surface area (Å²) in [5, 5.41) is 9.45. The first kappa shape index (κ1) is 15.9. The molecule has 0 radical (unpaired) electrons. The van der Waals surface area contributed by atoms with Gasteiger partial charge < -0.3 is 10.8 Å². The smallest absolute Gasteiger partial charge is 0.243 e. The molecule has 116 valence electrons. The van der Waals surface area contributed by atoms with Gasteiger partial charge in [-0.25, -0.2) is 8.42 Å². The Labute approximate surface area is 124 Å². The molecule has 1 saturated heterocycles. The quantitative estimate of drug-likeness (QED) is 0.851. The number of nitrogens with zero attached hydrogens (tertiary/aromatic N) is 1. The maximum Gasteiger partial charge on any atom is 0.243 e. The van der Waals surface area contributed by atoms with Crippen molar-refractivity contribution in [3.63, 3.8) is 0 Å². The van der Waals surface area contributed by atoms with Crippen LogP contribution in [0.1, 0.15) is 31.4 Å². The summed E-state index contributed by atoms with van der Waals surface area (Å²) in [6, 6.07) is 6.14. The van der Waals surface area contributed by atoms with Gasteiger partial charge in [0.2, 0.25) is 15.9 Å². The van der Waals surface area contributed by atoms with E-state index in [1.54, 1.807) is 19.1 Å². The molecule has 6 nitrogen and oxygen atoms in total. The summed E-state index contributed by atoms with van der Waals surface area (Å²) < 4.78 is 26.4. The van der Waals surface area contributed by atoms with Gasteiger partial charge in [-0.1, -0.05) is 12.1 Å². The van der Waals surface area contributed by atoms with Gasteiger partial charge in [-0.3, -0.25) is 4.79 Å². The molecular weight excluding hydrogens is 292 g/mol. The van der Waals surface area contributed by atoms with Gasteiger partial charge in [-0.15, -0.1) is 0 Å². The van der Waals surface area contributed by atoms with Crippen LogP contribution in [0, 0.1) is 5.92 Å². The van der Waals surface area contributed by atoms with Crippen molar-refractivity contribution in [3.8, 4) is 0 Å². The summed E-state index contributed by atoms with van der Waals surface area (Å²) in [5.41, 5.74) is 5.93. The summed E-state index contributed by atoms with van der Waals surface area (Å²) in [6.07, 6.45) is 0.608. The molecule has 0 aliphatic carbocycles. The standard InChI is InChI=1S/C14H20N2O4S/c1-10(17)11-4-6-13(7-5-11)21(19,20)16-8-2-3-12(9-16)14(15)18/h4-7,10,12,17H,2-3,8-9H2,1H3,(H2,15,18). The van der Waals surface area contributed by atoms with E-state index in [9.17, 15) is 18.3 Å². The van der Waals surface area contributed by atoms with Crippen molar-refractivity contribution in [3.05, 3.63) is 29.8 Å². The van der Waals surface area contributed by atoms with Crippen molar-refractivity contribution in [1.29, 1.82) is 0 Å². The molecular formula is C14H20N2O4S. The maximum atomic E-state index is 12.5. The fraction of sp³-hybridized carbons (Fsp3) is 0.500. The fourth-order valence-corrected chi connectivity index (χ4v) is 3.98. The second-order valence-corrected chi connectivity index (χ2v) is 7.29. The van der Waals surface area contributed by atoms with Crippen LogP contribution in [-0.2, 0) is 14.8 Å². The number of hydrogen-bond acceptors (Lipinski definition) is 4. The Hall–Kier alpha value is -1.44. The summed E-state index contributed by atoms with van der Waals surface area (Å²) >= 11 is 0. The molecule has 2 rings (SSSR count). The minimum Gasteiger partial charge on any atom is -0.389 e. The Kier molecular flexibility index (Phi) is 4.65. The minimum atomic E-state index is -3.63. The molecule has 2 unspecified atom stereocenters. The van der Waals surface area contributed by atoms with Crippen molar-refractivity contribution >= 4 is 15.9 Å². The van der Waals surface area contributed by atoms with Crippen LogP contribution in [0.5, 0.6) is 0 Å². The SMILES string of the molecule is CC(O)c1ccc(S(=O)(=O)N2CCCC(C(N)=O)C2)cc1. The predicted molar refractivity (Wildman–Crippen MR) is 77.8 cm³/mol. The Bertz CT molecular complexity index is 610. The largest absolute Gasteiger partial charge is 0.389 e. The molecule has 1 aliphatic heterocycles. The molecule has 0 saturated carbocycles. The summed E-state index contributed by atoms with van der Waals surface area (Å²) in [4.78, 5) is 11.4. The third-order valence-electron chi connectivity index (χ3n) is 3.79. The third-order valence-corrected chi connectivity index (χ3v) is 5.67. The van der Waals surface area contributed by atoms with Crippen LogP contribution in [0.15, 0.2) is 29.2 Å². The summed E-state index contributed by atoms with van der Waals surface area (Å²) in [5.74, 6) is -0.885. The van der Waals surface area contributed by atoms with Gasteiger partial charge in [0, 0.05) is 13.1 Å². The van der Waals surface area contributed by atoms with Crippen LogP contribution < -0.4 is 5.73 Å². The maximum absolute atomic E-state index is 12.5. The van der Waals surface area contributed by atoms with Gasteiger partial charge in [-0.05, 0) is 37.5 Å². The van der Waals surface area contributed by atoms with E-state index in [0.717, 1.165) is 0 Å². The number of carbonyl (C=O) groups excluding carboxylic acids is 1. The van der Waals surface area contributed by atoms with Crippen molar-refractivity contribution in [2.45, 2.75) is 30.8 Å². The molecule has 3 N–H and O–H groups in total. The molecule has 1 aromatic rings. The number of hydrogen-bond donors (Lipinski definition) is 2. The predicted octanol–water partition coefficient (Wildman–Crippen LogP) is 0.626. The van der Waals surface area contributed by atoms with E-state index in [-0.39, 0.29) is 11.4 Å². The lowest BCUT2D eigenvalue weighted by atomic mass is 9.99. The van der Waals surface area contributed by atoms with E-state index in [2.05, 4.69) is 0 Å². The Morgan fingerprint density at radius 1 is 1.38 bits per heavy atom. The average Bonchev–Trinajstić information content (AvgIpc) is 2.47. The van der Waals surface area contributed by atoms with E-state index in [1.807, 2.05) is 0 Å². The van der Waals surface area contributed by atoms with Crippen molar-refractivity contribution < 1.29 is 18.3 Å². The van der Waals surface area contributed by atoms with E-state index in [0.29, 0.717) is 24.9 Å². The zero-order valence-electron chi connectivity index (χ0n) is 11.9. The topological polar surface area (TPSA) is 101 Å². The molecule has 1 heterocycles. The highest BCUT2D eigenvalue weighted by atomic mass is 32.2. The van der Waals surface area contributed by atoms with E-state index in [4.69, 9.17) is 5.73 Å². The molecule has 2 atom stereocenters. The molecule has 0 spiro atoms. The zero-order chi connectivity index (χ0) is 15.6. The van der Waals surface area contributed by atoms with Crippen LogP contribution >= 0.6 is 0 Å². The normalized spacial score (nSPS) is 21.9. The van der Waals surface area contributed by atoms with Gasteiger partial charge in [0.05, 0.1) is 16.9 Å². The van der Waals surface area contributed by atoms with Crippen LogP contribution in [-0.4, -0.2) is 36.8 Å². The lowest BCUT2D eigenvalue weighted by molar-refractivity contribution is -0.122. The number of carbonyl (C=O) groups is 1. The average molecular weight is 312 g/mol. The highest BCUT2D eigenvalue weighted by Crippen LogP contribution is 2.24. The van der Waals surface area contributed by atoms with Crippen molar-refractivity contribution in [1.82, 2.24) is 4.31 Å². The van der Waals surface area contributed by atoms with Crippen molar-refractivity contribution in [2.75, 3.05) is 13.1 Å². The van der Waals surface area contributed by atoms with Crippen LogP contribution in [0.3, 0.4) is 0 Å². The molecule has 21 heavy (non-hydrogen) atoms. The Morgan fingerprint density at radius 3 is 2.52 bits per heavy atom. The lowest BCUT2D eigenvalue weighted by Gasteiger charge is -2.30. The number of nitrogens with two attached hydrogens (primary N) is 1. The van der Waals surface area contributed by atoms with Crippen LogP contribution in [0.25, 0.3) is 0 Å². The first-order valence-corrected chi connectivity index (χ1v) is 8.34. The zero-order valence-corrected chi connectivity index (χ0v) is 12.7. The van der Waals surface area contributed by atoms with E-state index < -0.39 is 28.0 Å². The van der Waals surface area contributed by atoms with Crippen molar-refractivity contribution in [2.24, 2.45) is 11.7 Å². The number of primary amides is 1. The first-order valence-electron chi connectivity index (χ1n) is 6.90. The number of piperidine rings is 1. The summed E-state index contributed by atoms with van der Waals surface area (Å²) in [6.45, 7) is 2.14. The van der Waals surface area contributed by atoms with Gasteiger partial charge in [0.1, 0.15) is 0 Å². The molecule has 1 fully saturated rings. The second kappa shape index (κ2) is 6.13. The van der Waals surface area contributed by atoms with Gasteiger partial charge in [0.25, 0.3) is 0 Å². The Balaban J connectivity index is 2.22. The highest BCUT2D eigenvalue weighted by molar-refractivity contribution is 7.89. The first-order chi connectivity index (χ1) is 9.82. The molecule has 0 bridgehead atoms. The number of rotatable bonds is 4.